The van der Waals surface area contributed by atoms with Gasteiger partial charge in [-0.25, -0.2) is 0 Å². The van der Waals surface area contributed by atoms with Gasteiger partial charge < -0.3 is 73.6 Å². The van der Waals surface area contributed by atoms with E-state index in [1.807, 2.05) is 0 Å². The molecule has 0 spiro atoms. The van der Waals surface area contributed by atoms with Crippen LogP contribution < -0.4 is 23.7 Å². The second-order valence-corrected chi connectivity index (χ2v) is 11.3. The Morgan fingerprint density at radius 2 is 1.15 bits per heavy atom. The van der Waals surface area contributed by atoms with Gasteiger partial charge in [-0.05, 0) is 19.1 Å². The number of ketones is 2. The Kier molecular flexibility index (Phi) is 10.5. The van der Waals surface area contributed by atoms with Crippen molar-refractivity contribution in [3.63, 3.8) is 0 Å². The number of hydrogen-bond acceptors (Lipinski definition) is 17. The van der Waals surface area contributed by atoms with Crippen molar-refractivity contribution < 1.29 is 83.2 Å². The third-order valence-corrected chi connectivity index (χ3v) is 8.67. The Bertz CT molecular complexity index is 1540. The number of carbonyl (C=O) groups excluding carboxylic acids is 2. The maximum Gasteiger partial charge on any atom is 0.229 e. The molecule has 2 aromatic rings. The van der Waals surface area contributed by atoms with Gasteiger partial charge in [0.25, 0.3) is 0 Å². The average molecular weight is 683 g/mol. The smallest absolute Gasteiger partial charge is 0.229 e. The molecular formula is C31H38O17. The first-order valence-electron chi connectivity index (χ1n) is 14.8. The van der Waals surface area contributed by atoms with Crippen molar-refractivity contribution in [3.05, 3.63) is 39.9 Å². The van der Waals surface area contributed by atoms with E-state index in [1.54, 1.807) is 0 Å². The zero-order chi connectivity index (χ0) is 35.2. The summed E-state index contributed by atoms with van der Waals surface area (Å²) in [5, 5.41) is 72.4. The van der Waals surface area contributed by atoms with Crippen LogP contribution in [0.1, 0.15) is 37.4 Å². The molecule has 264 valence electrons. The first kappa shape index (κ1) is 35.7. The second kappa shape index (κ2) is 14.1. The molecule has 2 saturated heterocycles. The summed E-state index contributed by atoms with van der Waals surface area (Å²) in [6.45, 7) is -0.0706. The lowest BCUT2D eigenvalue weighted by Gasteiger charge is -2.46. The fourth-order valence-electron chi connectivity index (χ4n) is 6.07. The Morgan fingerprint density at radius 3 is 1.69 bits per heavy atom. The molecule has 3 aliphatic rings. The summed E-state index contributed by atoms with van der Waals surface area (Å²) in [5.74, 6) is -1.45. The van der Waals surface area contributed by atoms with Crippen LogP contribution >= 0.6 is 0 Å². The number of fused-ring (bicyclic) bond motifs is 2. The molecule has 0 saturated carbocycles. The van der Waals surface area contributed by atoms with E-state index >= 15 is 0 Å². The lowest BCUT2D eigenvalue weighted by Crippen LogP contribution is -2.65. The Labute approximate surface area is 273 Å². The summed E-state index contributed by atoms with van der Waals surface area (Å²) < 4.78 is 44.9. The molecule has 0 radical (unpaired) electrons. The lowest BCUT2D eigenvalue weighted by molar-refractivity contribution is -0.357. The van der Waals surface area contributed by atoms with E-state index in [9.17, 15) is 45.3 Å². The van der Waals surface area contributed by atoms with Gasteiger partial charge in [0.05, 0.1) is 52.8 Å². The highest BCUT2D eigenvalue weighted by Gasteiger charge is 2.52. The molecule has 0 bridgehead atoms. The summed E-state index contributed by atoms with van der Waals surface area (Å²) in [4.78, 5) is 28.4. The average Bonchev–Trinajstić information content (AvgIpc) is 3.09. The summed E-state index contributed by atoms with van der Waals surface area (Å²) in [6, 6.07) is 2.69. The largest absolute Gasteiger partial charge is 0.496 e. The van der Waals surface area contributed by atoms with Crippen molar-refractivity contribution in [2.45, 2.75) is 68.3 Å². The van der Waals surface area contributed by atoms with Gasteiger partial charge in [0.2, 0.25) is 17.8 Å². The molecule has 0 amide bonds. The standard InChI is InChI=1S/C31H38O17/c1-10-13(41-2)6-11-17(22(37)18-12(19(11)34)7-14(42-3)27(43-4)28(18)44-5)26(10)47-31-29(24(39)21(36)16(9-33)46-31)48-30-25(40)23(38)20(35)15(8-32)45-30/h6-7,15-16,20-21,23-25,29-33,35-36,38-40H,8-9H2,1-5H3/t15-,16-,20-,21-,23+,24-,25+,29-,30-,31+/m1/s1. The van der Waals surface area contributed by atoms with Crippen molar-refractivity contribution in [1.82, 2.24) is 0 Å². The minimum absolute atomic E-state index is 0.0440. The zero-order valence-electron chi connectivity index (χ0n) is 26.6. The molecular weight excluding hydrogens is 644 g/mol. The molecule has 5 rings (SSSR count). The highest BCUT2D eigenvalue weighted by molar-refractivity contribution is 6.31. The van der Waals surface area contributed by atoms with Gasteiger partial charge in [0.15, 0.2) is 29.7 Å². The van der Waals surface area contributed by atoms with E-state index in [2.05, 4.69) is 0 Å². The number of aliphatic hydroxyl groups excluding tert-OH is 7. The summed E-state index contributed by atoms with van der Waals surface area (Å²) in [7, 11) is 5.28. The van der Waals surface area contributed by atoms with Crippen LogP contribution in [0.2, 0.25) is 0 Å². The molecule has 2 aliphatic heterocycles. The maximum atomic E-state index is 14.4. The number of carbonyl (C=O) groups is 2. The number of benzene rings is 2. The van der Waals surface area contributed by atoms with Crippen LogP contribution in [0, 0.1) is 6.92 Å². The molecule has 2 aromatic carbocycles. The fourth-order valence-corrected chi connectivity index (χ4v) is 6.07. The van der Waals surface area contributed by atoms with Gasteiger partial charge in [-0.3, -0.25) is 9.59 Å². The van der Waals surface area contributed by atoms with Crippen LogP contribution in [0.4, 0.5) is 0 Å². The first-order valence-corrected chi connectivity index (χ1v) is 14.8. The molecule has 2 fully saturated rings. The predicted molar refractivity (Wildman–Crippen MR) is 158 cm³/mol. The van der Waals surface area contributed by atoms with E-state index < -0.39 is 86.2 Å². The molecule has 48 heavy (non-hydrogen) atoms. The van der Waals surface area contributed by atoms with Crippen LogP contribution in [0.5, 0.6) is 28.7 Å². The molecule has 10 atom stereocenters. The van der Waals surface area contributed by atoms with Gasteiger partial charge in [0.1, 0.15) is 54.2 Å². The lowest BCUT2D eigenvalue weighted by atomic mass is 9.81. The minimum Gasteiger partial charge on any atom is -0.496 e. The highest BCUT2D eigenvalue weighted by Crippen LogP contribution is 2.49. The van der Waals surface area contributed by atoms with Gasteiger partial charge in [-0.2, -0.15) is 0 Å². The van der Waals surface area contributed by atoms with E-state index in [0.717, 1.165) is 0 Å². The molecule has 0 aromatic heterocycles. The topological polar surface area (TPSA) is 250 Å². The van der Waals surface area contributed by atoms with Crippen LogP contribution in [-0.2, 0) is 14.2 Å². The summed E-state index contributed by atoms with van der Waals surface area (Å²) in [6.07, 6.45) is -17.4. The van der Waals surface area contributed by atoms with Crippen molar-refractivity contribution in [1.29, 1.82) is 0 Å². The minimum atomic E-state index is -1.91. The van der Waals surface area contributed by atoms with Crippen LogP contribution in [0.25, 0.3) is 0 Å². The number of rotatable bonds is 10. The third-order valence-electron chi connectivity index (χ3n) is 8.67. The number of aliphatic hydroxyl groups is 7. The third kappa shape index (κ3) is 5.75. The molecule has 17 heteroatoms. The Hall–Kier alpha value is -3.62. The summed E-state index contributed by atoms with van der Waals surface area (Å²) in [5.41, 5.74) is -0.426. The van der Waals surface area contributed by atoms with Gasteiger partial charge in [-0.1, -0.05) is 0 Å². The fraction of sp³-hybridized carbons (Fsp3) is 0.548. The van der Waals surface area contributed by atoms with Crippen LogP contribution in [0.3, 0.4) is 0 Å². The molecule has 2 heterocycles. The second-order valence-electron chi connectivity index (χ2n) is 11.3. The molecule has 17 nitrogen and oxygen atoms in total. The maximum absolute atomic E-state index is 14.4. The van der Waals surface area contributed by atoms with Gasteiger partial charge in [0, 0.05) is 16.7 Å². The van der Waals surface area contributed by atoms with Crippen LogP contribution in [0.15, 0.2) is 12.1 Å². The van der Waals surface area contributed by atoms with E-state index in [1.165, 1.54) is 47.5 Å². The molecule has 0 unspecified atom stereocenters. The highest BCUT2D eigenvalue weighted by atomic mass is 16.8. The number of hydrogen-bond donors (Lipinski definition) is 7. The predicted octanol–water partition coefficient (Wildman–Crippen LogP) is -2.19. The normalized spacial score (nSPS) is 31.5. The van der Waals surface area contributed by atoms with E-state index in [0.29, 0.717) is 0 Å². The Balaban J connectivity index is 1.63. The number of methoxy groups -OCH3 is 4. The molecule has 7 N–H and O–H groups in total. The van der Waals surface area contributed by atoms with Crippen LogP contribution in [-0.4, -0.2) is 150 Å². The number of ether oxygens (including phenoxy) is 8. The van der Waals surface area contributed by atoms with Gasteiger partial charge in [-0.15, -0.1) is 0 Å². The SMILES string of the molecule is COc1cc2c(c(O[C@@H]3O[C@H](CO)[C@@H](O)[C@@H](O)[C@H]3O[C@H]3O[C@H](CO)[C@@H](O)[C@H](O)[C@@H]3O)c1C)C(=O)c1c(cc(OC)c(OC)c1OC)C2=O. The van der Waals surface area contributed by atoms with Crippen molar-refractivity contribution in [2.24, 2.45) is 0 Å². The van der Waals surface area contributed by atoms with E-state index in [4.69, 9.17) is 37.9 Å². The Morgan fingerprint density at radius 1 is 0.625 bits per heavy atom. The quantitative estimate of drug-likeness (QED) is 0.120. The van der Waals surface area contributed by atoms with E-state index in [-0.39, 0.29) is 56.6 Å². The monoisotopic (exact) mass is 682 g/mol. The van der Waals surface area contributed by atoms with Crippen molar-refractivity contribution in [3.8, 4) is 28.7 Å². The molecule has 1 aliphatic carbocycles. The van der Waals surface area contributed by atoms with Crippen molar-refractivity contribution in [2.75, 3.05) is 41.7 Å². The van der Waals surface area contributed by atoms with Crippen molar-refractivity contribution >= 4 is 11.6 Å². The first-order chi connectivity index (χ1) is 22.9. The van der Waals surface area contributed by atoms with Gasteiger partial charge >= 0.3 is 0 Å². The summed E-state index contributed by atoms with van der Waals surface area (Å²) >= 11 is 0. The zero-order valence-corrected chi connectivity index (χ0v) is 26.6.